The molecule has 0 saturated carbocycles. The molecular weight excluding hydrogens is 427 g/mol. The van der Waals surface area contributed by atoms with Crippen molar-refractivity contribution in [2.24, 2.45) is 0 Å². The Morgan fingerprint density at radius 3 is 2.67 bits per heavy atom. The van der Waals surface area contributed by atoms with Gasteiger partial charge in [0.1, 0.15) is 11.9 Å². The van der Waals surface area contributed by atoms with Crippen LogP contribution in [0.5, 0.6) is 5.75 Å². The first-order valence-electron chi connectivity index (χ1n) is 5.29. The molecular formula is C13H12BrIO2S. The van der Waals surface area contributed by atoms with Crippen LogP contribution in [0.4, 0.5) is 0 Å². The van der Waals surface area contributed by atoms with Crippen molar-refractivity contribution in [2.75, 3.05) is 7.11 Å². The van der Waals surface area contributed by atoms with Gasteiger partial charge in [-0.3, -0.25) is 0 Å². The van der Waals surface area contributed by atoms with Gasteiger partial charge in [0.2, 0.25) is 0 Å². The van der Waals surface area contributed by atoms with Crippen LogP contribution in [0, 0.1) is 9.81 Å². The highest BCUT2D eigenvalue weighted by molar-refractivity contribution is 14.1. The number of aliphatic hydroxyl groups is 1. The van der Waals surface area contributed by atoms with Crippen molar-refractivity contribution in [3.63, 3.8) is 0 Å². The first-order valence-corrected chi connectivity index (χ1v) is 8.04. The molecule has 0 aliphatic carbocycles. The normalized spacial score (nSPS) is 12.5. The number of thiophene rings is 1. The molecule has 0 fully saturated rings. The zero-order chi connectivity index (χ0) is 13.3. The van der Waals surface area contributed by atoms with Gasteiger partial charge in [-0.2, -0.15) is 0 Å². The minimum absolute atomic E-state index is 0.656. The van der Waals surface area contributed by atoms with E-state index in [1.807, 2.05) is 30.5 Å². The summed E-state index contributed by atoms with van der Waals surface area (Å²) in [6.07, 6.45) is -0.656. The van der Waals surface area contributed by atoms with E-state index in [2.05, 4.69) is 38.5 Å². The number of aryl methyl sites for hydroxylation is 1. The number of hydrogen-bond donors (Lipinski definition) is 1. The molecule has 1 atom stereocenters. The molecule has 5 heteroatoms. The Hall–Kier alpha value is -0.110. The summed E-state index contributed by atoms with van der Waals surface area (Å²) in [6.45, 7) is 2.00. The van der Waals surface area contributed by atoms with Crippen LogP contribution in [0.1, 0.15) is 22.8 Å². The highest BCUT2D eigenvalue weighted by Gasteiger charge is 2.18. The highest BCUT2D eigenvalue weighted by Crippen LogP contribution is 2.35. The van der Waals surface area contributed by atoms with Gasteiger partial charge in [0, 0.05) is 10.0 Å². The largest absolute Gasteiger partial charge is 0.496 e. The zero-order valence-electron chi connectivity index (χ0n) is 9.91. The third-order valence-corrected chi connectivity index (χ3v) is 5.37. The van der Waals surface area contributed by atoms with Gasteiger partial charge in [-0.1, -0.05) is 15.9 Å². The van der Waals surface area contributed by atoms with Crippen LogP contribution >= 0.6 is 49.9 Å². The minimum atomic E-state index is -0.656. The molecule has 2 aromatic rings. The fraction of sp³-hybridized carbons (Fsp3) is 0.231. The van der Waals surface area contributed by atoms with Crippen molar-refractivity contribution < 1.29 is 9.84 Å². The molecule has 0 spiro atoms. The van der Waals surface area contributed by atoms with Crippen LogP contribution in [-0.2, 0) is 0 Å². The minimum Gasteiger partial charge on any atom is -0.496 e. The van der Waals surface area contributed by atoms with E-state index in [1.54, 1.807) is 18.4 Å². The van der Waals surface area contributed by atoms with Crippen LogP contribution < -0.4 is 4.74 Å². The van der Waals surface area contributed by atoms with Gasteiger partial charge in [-0.05, 0) is 64.2 Å². The lowest BCUT2D eigenvalue weighted by atomic mass is 10.0. The van der Waals surface area contributed by atoms with E-state index in [0.717, 1.165) is 24.0 Å². The summed E-state index contributed by atoms with van der Waals surface area (Å²) in [5, 5.41) is 12.4. The van der Waals surface area contributed by atoms with Gasteiger partial charge in [0.25, 0.3) is 0 Å². The number of aliphatic hydroxyl groups excluding tert-OH is 1. The molecule has 2 nitrogen and oxygen atoms in total. The number of benzene rings is 1. The Balaban J connectivity index is 2.46. The molecule has 1 heterocycles. The number of halogens is 2. The van der Waals surface area contributed by atoms with Crippen LogP contribution in [-0.4, -0.2) is 12.2 Å². The molecule has 96 valence electrons. The second-order valence-corrected chi connectivity index (χ2v) is 7.59. The van der Waals surface area contributed by atoms with Gasteiger partial charge >= 0.3 is 0 Å². The first-order chi connectivity index (χ1) is 8.52. The van der Waals surface area contributed by atoms with Crippen molar-refractivity contribution in [1.82, 2.24) is 0 Å². The van der Waals surface area contributed by atoms with E-state index < -0.39 is 6.10 Å². The molecule has 1 aromatic carbocycles. The van der Waals surface area contributed by atoms with Gasteiger partial charge in [-0.25, -0.2) is 0 Å². The lowest BCUT2D eigenvalue weighted by Gasteiger charge is -2.15. The lowest BCUT2D eigenvalue weighted by molar-refractivity contribution is 0.215. The van der Waals surface area contributed by atoms with Crippen molar-refractivity contribution >= 4 is 49.9 Å². The Kier molecular flexibility index (Phi) is 4.69. The summed E-state index contributed by atoms with van der Waals surface area (Å²) in [5.74, 6) is 0.712. The standard InChI is InChI=1S/C13H12BrIO2S/c1-7-3-11(17-2)9(5-10(7)14)13(16)8-4-12(15)18-6-8/h3-6,13,16H,1-2H3. The van der Waals surface area contributed by atoms with Gasteiger partial charge in [0.05, 0.1) is 9.99 Å². The quantitative estimate of drug-likeness (QED) is 0.714. The number of hydrogen-bond acceptors (Lipinski definition) is 3. The van der Waals surface area contributed by atoms with E-state index in [1.165, 1.54) is 0 Å². The molecule has 18 heavy (non-hydrogen) atoms. The average Bonchev–Trinajstić information content (AvgIpc) is 2.78. The summed E-state index contributed by atoms with van der Waals surface area (Å²) >= 11 is 7.36. The SMILES string of the molecule is COc1cc(C)c(Br)cc1C(O)c1csc(I)c1. The third-order valence-electron chi connectivity index (χ3n) is 2.71. The molecule has 0 aliphatic rings. The van der Waals surface area contributed by atoms with Crippen molar-refractivity contribution in [3.8, 4) is 5.75 Å². The Bertz CT molecular complexity index is 568. The fourth-order valence-electron chi connectivity index (χ4n) is 1.71. The smallest absolute Gasteiger partial charge is 0.125 e. The first kappa shape index (κ1) is 14.3. The Morgan fingerprint density at radius 2 is 2.11 bits per heavy atom. The summed E-state index contributed by atoms with van der Waals surface area (Å²) in [7, 11) is 1.62. The number of methoxy groups -OCH3 is 1. The molecule has 2 rings (SSSR count). The number of rotatable bonds is 3. The predicted molar refractivity (Wildman–Crippen MR) is 86.5 cm³/mol. The second kappa shape index (κ2) is 5.90. The summed E-state index contributed by atoms with van der Waals surface area (Å²) in [4.78, 5) is 0. The van der Waals surface area contributed by atoms with Gasteiger partial charge in [-0.15, -0.1) is 11.3 Å². The van der Waals surface area contributed by atoms with Gasteiger partial charge in [0.15, 0.2) is 0 Å². The third kappa shape index (κ3) is 2.89. The van der Waals surface area contributed by atoms with Crippen LogP contribution in [0.3, 0.4) is 0 Å². The van der Waals surface area contributed by atoms with E-state index >= 15 is 0 Å². The van der Waals surface area contributed by atoms with Crippen LogP contribution in [0.15, 0.2) is 28.1 Å². The molecule has 1 unspecified atom stereocenters. The van der Waals surface area contributed by atoms with Crippen molar-refractivity contribution in [3.05, 3.63) is 47.6 Å². The average molecular weight is 439 g/mol. The summed E-state index contributed by atoms with van der Waals surface area (Å²) < 4.78 is 7.48. The summed E-state index contributed by atoms with van der Waals surface area (Å²) in [5.41, 5.74) is 2.77. The Morgan fingerprint density at radius 1 is 1.39 bits per heavy atom. The molecule has 0 saturated heterocycles. The molecule has 1 N–H and O–H groups in total. The molecule has 0 amide bonds. The van der Waals surface area contributed by atoms with Crippen molar-refractivity contribution in [2.45, 2.75) is 13.0 Å². The second-order valence-electron chi connectivity index (χ2n) is 3.93. The van der Waals surface area contributed by atoms with Crippen LogP contribution in [0.2, 0.25) is 0 Å². The van der Waals surface area contributed by atoms with E-state index in [0.29, 0.717) is 5.75 Å². The molecule has 0 radical (unpaired) electrons. The monoisotopic (exact) mass is 438 g/mol. The zero-order valence-corrected chi connectivity index (χ0v) is 14.5. The van der Waals surface area contributed by atoms with Crippen LogP contribution in [0.25, 0.3) is 0 Å². The molecule has 0 bridgehead atoms. The maximum Gasteiger partial charge on any atom is 0.125 e. The maximum atomic E-state index is 10.4. The Labute approximate surface area is 132 Å². The van der Waals surface area contributed by atoms with Gasteiger partial charge < -0.3 is 9.84 Å². The summed E-state index contributed by atoms with van der Waals surface area (Å²) in [6, 6.07) is 5.84. The highest BCUT2D eigenvalue weighted by atomic mass is 127. The topological polar surface area (TPSA) is 29.5 Å². The number of ether oxygens (including phenoxy) is 1. The molecule has 1 aromatic heterocycles. The molecule has 0 aliphatic heterocycles. The lowest BCUT2D eigenvalue weighted by Crippen LogP contribution is -2.02. The van der Waals surface area contributed by atoms with E-state index in [-0.39, 0.29) is 0 Å². The fourth-order valence-corrected chi connectivity index (χ4v) is 3.46. The van der Waals surface area contributed by atoms with E-state index in [9.17, 15) is 5.11 Å². The maximum absolute atomic E-state index is 10.4. The van der Waals surface area contributed by atoms with E-state index in [4.69, 9.17) is 4.74 Å². The van der Waals surface area contributed by atoms with Crippen molar-refractivity contribution in [1.29, 1.82) is 0 Å². The predicted octanol–water partition coefficient (Wildman–Crippen LogP) is 4.51.